The second kappa shape index (κ2) is 4.79. The summed E-state index contributed by atoms with van der Waals surface area (Å²) in [7, 11) is -3.90. The van der Waals surface area contributed by atoms with Crippen molar-refractivity contribution in [3.05, 3.63) is 52.1 Å². The third-order valence-electron chi connectivity index (χ3n) is 2.28. The highest BCUT2D eigenvalue weighted by molar-refractivity contribution is 7.93. The molecule has 1 heterocycles. The Labute approximate surface area is 112 Å². The van der Waals surface area contributed by atoms with E-state index in [9.17, 15) is 18.5 Å². The number of sulfone groups is 1. The van der Waals surface area contributed by atoms with Crippen LogP contribution in [0, 0.1) is 21.4 Å². The molecule has 0 N–H and O–H groups in total. The van der Waals surface area contributed by atoms with Gasteiger partial charge in [-0.3, -0.25) is 10.1 Å². The predicted octanol–water partition coefficient (Wildman–Crippen LogP) is 2.36. The fourth-order valence-corrected chi connectivity index (χ4v) is 4.20. The van der Waals surface area contributed by atoms with Crippen LogP contribution in [-0.2, 0) is 9.84 Å². The Kier molecular flexibility index (Phi) is 3.33. The zero-order valence-electron chi connectivity index (χ0n) is 9.31. The highest BCUT2D eigenvalue weighted by Gasteiger charge is 2.28. The van der Waals surface area contributed by atoms with Crippen LogP contribution in [0.25, 0.3) is 0 Å². The molecular weight excluding hydrogens is 288 g/mol. The van der Waals surface area contributed by atoms with E-state index in [1.165, 1.54) is 12.1 Å². The summed E-state index contributed by atoms with van der Waals surface area (Å²) in [4.78, 5) is 9.95. The Balaban J connectivity index is 2.66. The molecule has 0 atom stereocenters. The molecule has 0 radical (unpaired) electrons. The van der Waals surface area contributed by atoms with Crippen LogP contribution in [0.3, 0.4) is 0 Å². The van der Waals surface area contributed by atoms with Crippen molar-refractivity contribution < 1.29 is 13.3 Å². The fraction of sp³-hybridized carbons (Fsp3) is 0. The minimum atomic E-state index is -3.90. The fourth-order valence-electron chi connectivity index (χ4n) is 1.44. The van der Waals surface area contributed by atoms with Crippen molar-refractivity contribution >= 4 is 26.2 Å². The molecular formula is C11H6N2O4S2. The summed E-state index contributed by atoms with van der Waals surface area (Å²) in [5.74, 6) is 0. The first-order valence-corrected chi connectivity index (χ1v) is 7.25. The highest BCUT2D eigenvalue weighted by Crippen LogP contribution is 2.35. The van der Waals surface area contributed by atoms with Crippen molar-refractivity contribution in [1.29, 1.82) is 5.26 Å². The Morgan fingerprint density at radius 3 is 2.42 bits per heavy atom. The number of nitro groups is 1. The monoisotopic (exact) mass is 294 g/mol. The van der Waals surface area contributed by atoms with Gasteiger partial charge in [0, 0.05) is 6.07 Å². The minimum absolute atomic E-state index is 0.00301. The molecule has 6 nitrogen and oxygen atoms in total. The lowest BCUT2D eigenvalue weighted by molar-refractivity contribution is -0.380. The molecule has 0 aliphatic carbocycles. The average molecular weight is 294 g/mol. The van der Waals surface area contributed by atoms with Crippen molar-refractivity contribution in [2.24, 2.45) is 0 Å². The first-order valence-electron chi connectivity index (χ1n) is 4.95. The second-order valence-corrected chi connectivity index (χ2v) is 6.65. The van der Waals surface area contributed by atoms with Crippen LogP contribution in [0.1, 0.15) is 5.56 Å². The van der Waals surface area contributed by atoms with Crippen LogP contribution >= 0.6 is 11.3 Å². The molecule has 1 aromatic carbocycles. The number of hydrogen-bond acceptors (Lipinski definition) is 6. The van der Waals surface area contributed by atoms with E-state index in [4.69, 9.17) is 5.26 Å². The van der Waals surface area contributed by atoms with Crippen molar-refractivity contribution in [3.63, 3.8) is 0 Å². The zero-order chi connectivity index (χ0) is 14.0. The zero-order valence-corrected chi connectivity index (χ0v) is 10.9. The summed E-state index contributed by atoms with van der Waals surface area (Å²) in [5, 5.41) is 19.2. The van der Waals surface area contributed by atoms with Crippen LogP contribution < -0.4 is 0 Å². The number of thiophene rings is 1. The van der Waals surface area contributed by atoms with E-state index in [1.807, 2.05) is 0 Å². The van der Waals surface area contributed by atoms with E-state index in [2.05, 4.69) is 0 Å². The van der Waals surface area contributed by atoms with Crippen LogP contribution in [-0.4, -0.2) is 13.3 Å². The SMILES string of the molecule is N#Cc1cc([N+](=O)[O-])sc1S(=O)(=O)c1ccccc1. The summed E-state index contributed by atoms with van der Waals surface area (Å²) in [6, 6.07) is 10.1. The largest absolute Gasteiger partial charge is 0.326 e. The topological polar surface area (TPSA) is 101 Å². The molecule has 0 amide bonds. The number of benzene rings is 1. The standard InChI is InChI=1S/C11H6N2O4S2/c12-7-8-6-10(13(14)15)18-11(8)19(16,17)9-4-2-1-3-5-9/h1-6H. The molecule has 0 saturated heterocycles. The van der Waals surface area contributed by atoms with E-state index in [0.29, 0.717) is 11.3 Å². The Morgan fingerprint density at radius 2 is 1.89 bits per heavy atom. The molecule has 0 aliphatic heterocycles. The van der Waals surface area contributed by atoms with Crippen molar-refractivity contribution in [1.82, 2.24) is 0 Å². The molecule has 0 unspecified atom stereocenters. The van der Waals surface area contributed by atoms with E-state index in [1.54, 1.807) is 24.3 Å². The molecule has 2 rings (SSSR count). The van der Waals surface area contributed by atoms with E-state index in [-0.39, 0.29) is 19.7 Å². The molecule has 0 aliphatic rings. The molecule has 96 valence electrons. The van der Waals surface area contributed by atoms with Gasteiger partial charge in [-0.1, -0.05) is 18.2 Å². The molecule has 0 spiro atoms. The van der Waals surface area contributed by atoms with Crippen LogP contribution in [0.5, 0.6) is 0 Å². The van der Waals surface area contributed by atoms with Gasteiger partial charge in [-0.2, -0.15) is 5.26 Å². The number of hydrogen-bond donors (Lipinski definition) is 0. The lowest BCUT2D eigenvalue weighted by Crippen LogP contribution is -2.00. The summed E-state index contributed by atoms with van der Waals surface area (Å²) >= 11 is 0.484. The van der Waals surface area contributed by atoms with Crippen LogP contribution in [0.4, 0.5) is 5.00 Å². The maximum absolute atomic E-state index is 12.3. The highest BCUT2D eigenvalue weighted by atomic mass is 32.2. The van der Waals surface area contributed by atoms with Gasteiger partial charge in [-0.15, -0.1) is 0 Å². The van der Waals surface area contributed by atoms with Gasteiger partial charge in [-0.25, -0.2) is 8.42 Å². The lowest BCUT2D eigenvalue weighted by atomic mass is 10.4. The van der Waals surface area contributed by atoms with Gasteiger partial charge >= 0.3 is 5.00 Å². The van der Waals surface area contributed by atoms with Crippen LogP contribution in [0.2, 0.25) is 0 Å². The predicted molar refractivity (Wildman–Crippen MR) is 67.6 cm³/mol. The smallest absolute Gasteiger partial charge is 0.258 e. The van der Waals surface area contributed by atoms with Gasteiger partial charge in [0.25, 0.3) is 0 Å². The Morgan fingerprint density at radius 1 is 1.26 bits per heavy atom. The first kappa shape index (κ1) is 13.2. The number of nitriles is 1. The first-order chi connectivity index (χ1) is 8.96. The Bertz CT molecular complexity index is 773. The van der Waals surface area contributed by atoms with Gasteiger partial charge in [0.15, 0.2) is 0 Å². The number of nitrogens with zero attached hydrogens (tertiary/aromatic N) is 2. The molecule has 0 saturated carbocycles. The summed E-state index contributed by atoms with van der Waals surface area (Å²) in [6.45, 7) is 0. The van der Waals surface area contributed by atoms with Crippen molar-refractivity contribution in [2.45, 2.75) is 9.10 Å². The van der Waals surface area contributed by atoms with Gasteiger partial charge < -0.3 is 0 Å². The van der Waals surface area contributed by atoms with Gasteiger partial charge in [-0.05, 0) is 23.5 Å². The van der Waals surface area contributed by atoms with E-state index >= 15 is 0 Å². The normalized spacial score (nSPS) is 10.9. The molecule has 1 aromatic heterocycles. The molecule has 8 heteroatoms. The molecule has 2 aromatic rings. The lowest BCUT2D eigenvalue weighted by Gasteiger charge is -2.00. The second-order valence-electron chi connectivity index (χ2n) is 3.47. The molecule has 19 heavy (non-hydrogen) atoms. The third-order valence-corrected chi connectivity index (χ3v) is 5.67. The van der Waals surface area contributed by atoms with E-state index < -0.39 is 14.8 Å². The van der Waals surface area contributed by atoms with E-state index in [0.717, 1.165) is 6.07 Å². The minimum Gasteiger partial charge on any atom is -0.258 e. The maximum Gasteiger partial charge on any atom is 0.326 e. The number of rotatable bonds is 3. The van der Waals surface area contributed by atoms with Crippen molar-refractivity contribution in [3.8, 4) is 6.07 Å². The summed E-state index contributed by atoms with van der Waals surface area (Å²) < 4.78 is 24.3. The van der Waals surface area contributed by atoms with Crippen LogP contribution in [0.15, 0.2) is 45.5 Å². The van der Waals surface area contributed by atoms with Crippen molar-refractivity contribution in [2.75, 3.05) is 0 Å². The van der Waals surface area contributed by atoms with Gasteiger partial charge in [0.05, 0.1) is 15.4 Å². The molecule has 0 fully saturated rings. The van der Waals surface area contributed by atoms with Gasteiger partial charge in [0.2, 0.25) is 9.84 Å². The maximum atomic E-state index is 12.3. The molecule has 0 bridgehead atoms. The Hall–Kier alpha value is -2.24. The summed E-state index contributed by atoms with van der Waals surface area (Å²) in [5.41, 5.74) is -0.208. The average Bonchev–Trinajstić information content (AvgIpc) is 2.85. The van der Waals surface area contributed by atoms with Gasteiger partial charge in [0.1, 0.15) is 10.3 Å². The third kappa shape index (κ3) is 2.33. The summed E-state index contributed by atoms with van der Waals surface area (Å²) in [6.07, 6.45) is 0. The quantitative estimate of drug-likeness (QED) is 0.638.